The number of nitrogens with one attached hydrogen (secondary N) is 3. The van der Waals surface area contributed by atoms with Crippen LogP contribution in [0.5, 0.6) is 0 Å². The van der Waals surface area contributed by atoms with E-state index in [1.165, 1.54) is 14.2 Å². The summed E-state index contributed by atoms with van der Waals surface area (Å²) in [6, 6.07) is 14.9. The van der Waals surface area contributed by atoms with Crippen LogP contribution >= 0.6 is 0 Å². The van der Waals surface area contributed by atoms with Gasteiger partial charge in [-0.1, -0.05) is 62.4 Å². The molecule has 4 amide bonds. The maximum absolute atomic E-state index is 14.2. The third-order valence-corrected chi connectivity index (χ3v) is 12.7. The number of aromatic nitrogens is 2. The average molecular weight is 838 g/mol. The van der Waals surface area contributed by atoms with Crippen LogP contribution < -0.4 is 10.6 Å². The van der Waals surface area contributed by atoms with Crippen LogP contribution in [0, 0.1) is 17.8 Å². The second kappa shape index (κ2) is 19.4. The number of ether oxygens (including phenoxy) is 4. The van der Waals surface area contributed by atoms with Crippen LogP contribution in [0.3, 0.4) is 0 Å². The van der Waals surface area contributed by atoms with Gasteiger partial charge in [0, 0.05) is 57.2 Å². The first kappa shape index (κ1) is 43.5. The lowest BCUT2D eigenvalue weighted by Crippen LogP contribution is -2.54. The largest absolute Gasteiger partial charge is 0.453 e. The lowest BCUT2D eigenvalue weighted by atomic mass is 9.90. The molecule has 0 bridgehead atoms. The van der Waals surface area contributed by atoms with Crippen LogP contribution in [0.2, 0.25) is 0 Å². The number of H-pyrrole nitrogens is 1. The molecule has 2 aromatic carbocycles. The monoisotopic (exact) mass is 837 g/mol. The molecule has 3 saturated heterocycles. The van der Waals surface area contributed by atoms with Gasteiger partial charge < -0.3 is 44.4 Å². The number of methoxy groups -OCH3 is 3. The number of likely N-dealkylation sites (tertiary alicyclic amines) is 2. The maximum atomic E-state index is 14.2. The zero-order valence-corrected chi connectivity index (χ0v) is 36.0. The van der Waals surface area contributed by atoms with Crippen molar-refractivity contribution >= 4 is 35.3 Å². The van der Waals surface area contributed by atoms with Gasteiger partial charge in [-0.05, 0) is 78.7 Å². The van der Waals surface area contributed by atoms with E-state index in [9.17, 15) is 19.2 Å². The summed E-state index contributed by atoms with van der Waals surface area (Å²) in [6.45, 7) is 8.04. The summed E-state index contributed by atoms with van der Waals surface area (Å²) in [7, 11) is 4.27. The Labute approximate surface area is 357 Å². The van der Waals surface area contributed by atoms with Crippen molar-refractivity contribution in [3.05, 3.63) is 72.3 Å². The topological polar surface area (TPSA) is 177 Å². The predicted octanol–water partition coefficient (Wildman–Crippen LogP) is 6.38. The van der Waals surface area contributed by atoms with E-state index in [0.29, 0.717) is 45.6 Å². The van der Waals surface area contributed by atoms with Gasteiger partial charge in [0.05, 0.1) is 44.8 Å². The molecule has 1 aromatic heterocycles. The van der Waals surface area contributed by atoms with E-state index in [4.69, 9.17) is 28.9 Å². The number of carbonyl (C=O) groups is 4. The molecule has 61 heavy (non-hydrogen) atoms. The van der Waals surface area contributed by atoms with Crippen molar-refractivity contribution in [3.63, 3.8) is 0 Å². The molecule has 0 spiro atoms. The van der Waals surface area contributed by atoms with Crippen LogP contribution in [0.1, 0.15) is 76.7 Å². The van der Waals surface area contributed by atoms with Gasteiger partial charge in [0.1, 0.15) is 17.9 Å². The number of aromatic amines is 1. The molecule has 3 fully saturated rings. The summed E-state index contributed by atoms with van der Waals surface area (Å²) in [4.78, 5) is 69.4. The molecule has 15 heteroatoms. The number of alkyl carbamates (subject to hydrolysis) is 2. The van der Waals surface area contributed by atoms with Crippen LogP contribution in [-0.4, -0.2) is 121 Å². The van der Waals surface area contributed by atoms with E-state index in [1.54, 1.807) is 7.11 Å². The average Bonchev–Trinajstić information content (AvgIpc) is 4.11. The van der Waals surface area contributed by atoms with Gasteiger partial charge in [-0.25, -0.2) is 14.6 Å². The number of hydrogen-bond acceptors (Lipinski definition) is 10. The number of benzene rings is 2. The molecule has 3 aromatic rings. The van der Waals surface area contributed by atoms with Crippen molar-refractivity contribution < 1.29 is 38.1 Å². The Morgan fingerprint density at radius 2 is 1.48 bits per heavy atom. The van der Waals surface area contributed by atoms with Crippen LogP contribution in [0.25, 0.3) is 28.0 Å². The van der Waals surface area contributed by atoms with E-state index < -0.39 is 24.3 Å². The second-order valence-corrected chi connectivity index (χ2v) is 17.0. The van der Waals surface area contributed by atoms with Gasteiger partial charge in [0.2, 0.25) is 11.8 Å². The Bertz CT molecular complexity index is 2090. The van der Waals surface area contributed by atoms with Gasteiger partial charge in [-0.15, -0.1) is 0 Å². The lowest BCUT2D eigenvalue weighted by molar-refractivity contribution is -0.138. The summed E-state index contributed by atoms with van der Waals surface area (Å²) in [6.07, 6.45) is 6.81. The molecule has 4 aliphatic heterocycles. The van der Waals surface area contributed by atoms with Crippen LogP contribution in [-0.2, 0) is 28.5 Å². The fourth-order valence-corrected chi connectivity index (χ4v) is 9.32. The highest BCUT2D eigenvalue weighted by Crippen LogP contribution is 2.38. The van der Waals surface area contributed by atoms with Gasteiger partial charge in [-0.3, -0.25) is 14.6 Å². The maximum Gasteiger partial charge on any atom is 0.407 e. The third kappa shape index (κ3) is 9.68. The Morgan fingerprint density at radius 1 is 0.836 bits per heavy atom. The molecule has 4 aliphatic rings. The first-order valence-corrected chi connectivity index (χ1v) is 21.4. The second-order valence-electron chi connectivity index (χ2n) is 17.0. The minimum Gasteiger partial charge on any atom is -0.453 e. The van der Waals surface area contributed by atoms with Crippen molar-refractivity contribution in [2.45, 2.75) is 89.5 Å². The van der Waals surface area contributed by atoms with Gasteiger partial charge in [0.25, 0.3) is 0 Å². The van der Waals surface area contributed by atoms with E-state index in [1.807, 2.05) is 43.0 Å². The molecule has 0 aliphatic carbocycles. The standard InChI is InChI=1S/C46H59N7O8/c1-27(2)40(50-45(56)59-5)43(54)52-25-29(26-58-4)21-39(52)36-22-35(23-47-36)32-10-8-30(9-11-32)31-12-14-33(15-13-31)37-24-48-42(49-37)38-16-7-28(3)53(38)44(55)41(51-46(57)60-6)34-17-19-61-20-18-34/h8-15,23-24,27-29,34,38-41H,7,16-22,25-26H2,1-6H3,(H,48,49)(H,50,56)(H,51,57)/t28-,29-,38-,39-,40-,41-/m0/s1. The molecule has 326 valence electrons. The number of carbonyl (C=O) groups excluding carboxylic acids is 4. The van der Waals surface area contributed by atoms with Crippen molar-refractivity contribution in [3.8, 4) is 22.4 Å². The number of amides is 4. The Morgan fingerprint density at radius 3 is 2.11 bits per heavy atom. The molecule has 3 N–H and O–H groups in total. The molecule has 0 unspecified atom stereocenters. The fraction of sp³-hybridized carbons (Fsp3) is 0.522. The smallest absolute Gasteiger partial charge is 0.407 e. The normalized spacial score (nSPS) is 22.7. The minimum absolute atomic E-state index is 0.0129. The predicted molar refractivity (Wildman–Crippen MR) is 230 cm³/mol. The van der Waals surface area contributed by atoms with E-state index in [0.717, 1.165) is 64.3 Å². The highest BCUT2D eigenvalue weighted by Gasteiger charge is 2.44. The minimum atomic E-state index is -0.715. The van der Waals surface area contributed by atoms with Crippen molar-refractivity contribution in [2.75, 3.05) is 47.7 Å². The summed E-state index contributed by atoms with van der Waals surface area (Å²) in [5.41, 5.74) is 7.05. The Kier molecular flexibility index (Phi) is 13.9. The molecule has 0 radical (unpaired) electrons. The van der Waals surface area contributed by atoms with E-state index in [2.05, 4.69) is 64.1 Å². The summed E-state index contributed by atoms with van der Waals surface area (Å²) >= 11 is 0. The number of aliphatic imine (C=N–C) groups is 1. The van der Waals surface area contributed by atoms with Crippen LogP contribution in [0.15, 0.2) is 65.9 Å². The van der Waals surface area contributed by atoms with E-state index in [-0.39, 0.29) is 47.7 Å². The summed E-state index contributed by atoms with van der Waals surface area (Å²) < 4.78 is 20.7. The highest BCUT2D eigenvalue weighted by atomic mass is 16.5. The Balaban J connectivity index is 0.995. The zero-order valence-electron chi connectivity index (χ0n) is 36.0. The van der Waals surface area contributed by atoms with Crippen molar-refractivity contribution in [1.82, 2.24) is 30.4 Å². The molecular weight excluding hydrogens is 779 g/mol. The number of rotatable bonds is 13. The number of imidazole rings is 1. The molecule has 0 saturated carbocycles. The van der Waals surface area contributed by atoms with E-state index >= 15 is 0 Å². The molecule has 15 nitrogen and oxygen atoms in total. The number of allylic oxidation sites excluding steroid dienone is 1. The number of nitrogens with zero attached hydrogens (tertiary/aromatic N) is 4. The summed E-state index contributed by atoms with van der Waals surface area (Å²) in [5, 5.41) is 5.56. The number of hydrogen-bond donors (Lipinski definition) is 3. The van der Waals surface area contributed by atoms with Gasteiger partial charge in [-0.2, -0.15) is 0 Å². The molecule has 6 atom stereocenters. The molecule has 5 heterocycles. The van der Waals surface area contributed by atoms with Crippen molar-refractivity contribution in [1.29, 1.82) is 0 Å². The zero-order chi connectivity index (χ0) is 43.2. The quantitative estimate of drug-likeness (QED) is 0.177. The summed E-state index contributed by atoms with van der Waals surface area (Å²) in [5.74, 6) is 0.456. The van der Waals surface area contributed by atoms with Crippen LogP contribution in [0.4, 0.5) is 9.59 Å². The molecular formula is C46H59N7O8. The fourth-order valence-electron chi connectivity index (χ4n) is 9.32. The SMILES string of the molecule is COC[C@H]1C[C@@H](C2=NC=C(c3ccc(-c4ccc(-c5cnc([C@@H]6CC[C@H](C)N6C(=O)[C@@H](NC(=O)OC)C6CCOCC6)[nH]5)cc4)cc3)C2)N(C(=O)[C@@H](NC(=O)OC)C(C)C)C1. The first-order chi connectivity index (χ1) is 29.5. The van der Waals surface area contributed by atoms with Crippen molar-refractivity contribution in [2.24, 2.45) is 22.7 Å². The first-order valence-electron chi connectivity index (χ1n) is 21.4. The van der Waals surface area contributed by atoms with Gasteiger partial charge >= 0.3 is 12.2 Å². The highest BCUT2D eigenvalue weighted by molar-refractivity contribution is 6.04. The lowest BCUT2D eigenvalue weighted by Gasteiger charge is -2.36. The van der Waals surface area contributed by atoms with Gasteiger partial charge in [0.15, 0.2) is 0 Å². The third-order valence-electron chi connectivity index (χ3n) is 12.7. The Hall–Kier alpha value is -5.54. The molecule has 7 rings (SSSR count).